The van der Waals surface area contributed by atoms with Crippen LogP contribution in [-0.2, 0) is 0 Å². The number of benzene rings is 1. The summed E-state index contributed by atoms with van der Waals surface area (Å²) in [6, 6.07) is 9.22. The molecule has 16 heavy (non-hydrogen) atoms. The maximum atomic E-state index is 5.85. The summed E-state index contributed by atoms with van der Waals surface area (Å²) in [5.74, 6) is 1.03. The molecule has 1 N–H and O–H groups in total. The van der Waals surface area contributed by atoms with Crippen LogP contribution >= 0.6 is 0 Å². The summed E-state index contributed by atoms with van der Waals surface area (Å²) in [6.45, 7) is 1.16. The fourth-order valence-corrected chi connectivity index (χ4v) is 2.43. The van der Waals surface area contributed by atoms with Gasteiger partial charge in [0.2, 0.25) is 0 Å². The van der Waals surface area contributed by atoms with E-state index in [0.717, 1.165) is 12.3 Å². The monoisotopic (exact) mass is 217 g/mol. The molecule has 0 aromatic heterocycles. The molecular weight excluding hydrogens is 198 g/mol. The van der Waals surface area contributed by atoms with E-state index in [4.69, 9.17) is 4.74 Å². The lowest BCUT2D eigenvalue weighted by atomic mass is 9.96. The number of hydrogen-bond donors (Lipinski definition) is 1. The molecule has 3 rings (SSSR count). The van der Waals surface area contributed by atoms with Crippen molar-refractivity contribution in [1.82, 2.24) is 5.32 Å². The van der Waals surface area contributed by atoms with E-state index >= 15 is 0 Å². The van der Waals surface area contributed by atoms with Crippen molar-refractivity contribution in [1.29, 1.82) is 0 Å². The predicted octanol–water partition coefficient (Wildman–Crippen LogP) is 3.04. The zero-order chi connectivity index (χ0) is 10.8. The minimum atomic E-state index is 0.482. The lowest BCUT2D eigenvalue weighted by Gasteiger charge is -2.26. The van der Waals surface area contributed by atoms with Crippen molar-refractivity contribution in [3.05, 3.63) is 29.8 Å². The van der Waals surface area contributed by atoms with Crippen molar-refractivity contribution in [2.24, 2.45) is 0 Å². The molecule has 0 amide bonds. The van der Waals surface area contributed by atoms with Crippen LogP contribution in [0.25, 0.3) is 0 Å². The van der Waals surface area contributed by atoms with E-state index in [1.807, 2.05) is 0 Å². The summed E-state index contributed by atoms with van der Waals surface area (Å²) >= 11 is 0. The van der Waals surface area contributed by atoms with Crippen LogP contribution in [0.15, 0.2) is 24.3 Å². The number of ether oxygens (including phenoxy) is 1. The van der Waals surface area contributed by atoms with E-state index in [-0.39, 0.29) is 0 Å². The van der Waals surface area contributed by atoms with Crippen molar-refractivity contribution in [3.63, 3.8) is 0 Å². The molecule has 1 heterocycles. The van der Waals surface area contributed by atoms with Gasteiger partial charge < -0.3 is 10.1 Å². The molecule has 0 spiro atoms. The van der Waals surface area contributed by atoms with Crippen LogP contribution in [0.3, 0.4) is 0 Å². The first-order valence-corrected chi connectivity index (χ1v) is 6.42. The molecule has 1 saturated heterocycles. The molecule has 1 aliphatic heterocycles. The van der Waals surface area contributed by atoms with Crippen LogP contribution in [0.4, 0.5) is 0 Å². The van der Waals surface area contributed by atoms with Gasteiger partial charge in [0, 0.05) is 6.04 Å². The summed E-state index contributed by atoms with van der Waals surface area (Å²) in [7, 11) is 0. The Labute approximate surface area is 97.0 Å². The Balaban J connectivity index is 1.64. The topological polar surface area (TPSA) is 21.3 Å². The molecule has 2 heteroatoms. The second-order valence-electron chi connectivity index (χ2n) is 4.89. The lowest BCUT2D eigenvalue weighted by Crippen LogP contribution is -2.24. The van der Waals surface area contributed by atoms with Gasteiger partial charge in [0.15, 0.2) is 0 Å². The van der Waals surface area contributed by atoms with E-state index in [2.05, 4.69) is 29.6 Å². The third kappa shape index (κ3) is 2.07. The molecule has 0 radical (unpaired) electrons. The Morgan fingerprint density at radius 1 is 1.00 bits per heavy atom. The van der Waals surface area contributed by atoms with Crippen LogP contribution in [0, 0.1) is 0 Å². The van der Waals surface area contributed by atoms with Crippen molar-refractivity contribution in [3.8, 4) is 5.75 Å². The van der Waals surface area contributed by atoms with Gasteiger partial charge in [-0.2, -0.15) is 0 Å². The maximum absolute atomic E-state index is 5.85. The van der Waals surface area contributed by atoms with Crippen molar-refractivity contribution < 1.29 is 4.74 Å². The van der Waals surface area contributed by atoms with Gasteiger partial charge in [0.25, 0.3) is 0 Å². The highest BCUT2D eigenvalue weighted by atomic mass is 16.5. The molecule has 0 bridgehead atoms. The van der Waals surface area contributed by atoms with Crippen LogP contribution in [0.1, 0.15) is 43.7 Å². The largest absolute Gasteiger partial charge is 0.490 e. The summed E-state index contributed by atoms with van der Waals surface area (Å²) in [5, 5.41) is 3.51. The third-order valence-electron chi connectivity index (χ3n) is 3.70. The molecule has 2 nitrogen and oxygen atoms in total. The molecule has 86 valence electrons. The molecule has 1 atom stereocenters. The highest BCUT2D eigenvalue weighted by Gasteiger charge is 2.19. The zero-order valence-electron chi connectivity index (χ0n) is 9.61. The zero-order valence-corrected chi connectivity index (χ0v) is 9.61. The summed E-state index contributed by atoms with van der Waals surface area (Å²) in [6.07, 6.45) is 6.83. The minimum Gasteiger partial charge on any atom is -0.490 e. The quantitative estimate of drug-likeness (QED) is 0.840. The first-order valence-electron chi connectivity index (χ1n) is 6.42. The van der Waals surface area contributed by atoms with Crippen molar-refractivity contribution in [2.75, 3.05) is 6.54 Å². The first kappa shape index (κ1) is 10.2. The van der Waals surface area contributed by atoms with Crippen LogP contribution in [0.2, 0.25) is 0 Å². The minimum absolute atomic E-state index is 0.482. The van der Waals surface area contributed by atoms with Gasteiger partial charge in [-0.1, -0.05) is 12.1 Å². The fourth-order valence-electron chi connectivity index (χ4n) is 2.43. The van der Waals surface area contributed by atoms with E-state index in [0.29, 0.717) is 12.1 Å². The third-order valence-corrected chi connectivity index (χ3v) is 3.70. The fraction of sp³-hybridized carbons (Fsp3) is 0.571. The number of rotatable bonds is 3. The van der Waals surface area contributed by atoms with Crippen molar-refractivity contribution in [2.45, 2.75) is 44.2 Å². The Morgan fingerprint density at radius 2 is 1.81 bits per heavy atom. The van der Waals surface area contributed by atoms with Gasteiger partial charge in [-0.15, -0.1) is 0 Å². The molecule has 1 saturated carbocycles. The summed E-state index contributed by atoms with van der Waals surface area (Å²) in [5.41, 5.74) is 1.40. The highest BCUT2D eigenvalue weighted by Crippen LogP contribution is 2.28. The molecule has 1 unspecified atom stereocenters. The van der Waals surface area contributed by atoms with Crippen LogP contribution < -0.4 is 10.1 Å². The average molecular weight is 217 g/mol. The average Bonchev–Trinajstić information content (AvgIpc) is 2.78. The van der Waals surface area contributed by atoms with E-state index in [1.165, 1.54) is 37.7 Å². The first-order chi connectivity index (χ1) is 7.92. The summed E-state index contributed by atoms with van der Waals surface area (Å²) in [4.78, 5) is 0. The van der Waals surface area contributed by atoms with Crippen LogP contribution in [0.5, 0.6) is 5.75 Å². The second kappa shape index (κ2) is 4.46. The van der Waals surface area contributed by atoms with Gasteiger partial charge in [-0.3, -0.25) is 0 Å². The van der Waals surface area contributed by atoms with Gasteiger partial charge in [0.05, 0.1) is 6.10 Å². The Hall–Kier alpha value is -1.02. The van der Waals surface area contributed by atoms with Crippen LogP contribution in [-0.4, -0.2) is 12.6 Å². The number of nitrogens with one attached hydrogen (secondary N) is 1. The van der Waals surface area contributed by atoms with Gasteiger partial charge in [-0.05, 0) is 56.3 Å². The normalized spacial score (nSPS) is 25.4. The molecule has 1 aliphatic carbocycles. The van der Waals surface area contributed by atoms with Gasteiger partial charge in [-0.25, -0.2) is 0 Å². The second-order valence-corrected chi connectivity index (χ2v) is 4.89. The smallest absolute Gasteiger partial charge is 0.119 e. The SMILES string of the molecule is c1cc(C2CCCN2)ccc1OC1CCC1. The van der Waals surface area contributed by atoms with E-state index < -0.39 is 0 Å². The Kier molecular flexibility index (Phi) is 2.83. The van der Waals surface area contributed by atoms with E-state index in [1.54, 1.807) is 0 Å². The maximum Gasteiger partial charge on any atom is 0.119 e. The van der Waals surface area contributed by atoms with Crippen molar-refractivity contribution >= 4 is 0 Å². The molecule has 2 aliphatic rings. The Morgan fingerprint density at radius 3 is 2.38 bits per heavy atom. The van der Waals surface area contributed by atoms with Gasteiger partial charge >= 0.3 is 0 Å². The predicted molar refractivity (Wildman–Crippen MR) is 64.7 cm³/mol. The van der Waals surface area contributed by atoms with E-state index in [9.17, 15) is 0 Å². The molecule has 1 aromatic rings. The van der Waals surface area contributed by atoms with Gasteiger partial charge in [0.1, 0.15) is 5.75 Å². The standard InChI is InChI=1S/C14H19NO/c1-3-12(4-1)16-13-8-6-11(7-9-13)14-5-2-10-15-14/h6-9,12,14-15H,1-5,10H2. The number of hydrogen-bond acceptors (Lipinski definition) is 2. The Bertz CT molecular complexity index is 336. The molecule has 2 fully saturated rings. The lowest BCUT2D eigenvalue weighted by molar-refractivity contribution is 0.120. The molecule has 1 aromatic carbocycles. The molecular formula is C14H19NO. The summed E-state index contributed by atoms with van der Waals surface area (Å²) < 4.78 is 5.85. The highest BCUT2D eigenvalue weighted by molar-refractivity contribution is 5.29.